The van der Waals surface area contributed by atoms with Crippen LogP contribution in [0.2, 0.25) is 0 Å². The molecule has 3 aliphatic rings. The van der Waals surface area contributed by atoms with Gasteiger partial charge in [0.05, 0.1) is 18.8 Å². The summed E-state index contributed by atoms with van der Waals surface area (Å²) in [6.45, 7) is 3.03. The van der Waals surface area contributed by atoms with Gasteiger partial charge in [0.1, 0.15) is 34.8 Å². The molecule has 5 N–H and O–H groups in total. The Morgan fingerprint density at radius 1 is 1.00 bits per heavy atom. The number of piperidine rings is 1. The summed E-state index contributed by atoms with van der Waals surface area (Å²) in [5.74, 6) is -4.48. The lowest BCUT2D eigenvalue weighted by Crippen LogP contribution is -2.87. The number of amides is 3. The maximum Gasteiger partial charge on any atom is 0.282 e. The molecule has 4 atom stereocenters. The van der Waals surface area contributed by atoms with Crippen LogP contribution in [0, 0.1) is 5.82 Å². The van der Waals surface area contributed by atoms with Crippen molar-refractivity contribution in [3.8, 4) is 5.75 Å². The quantitative estimate of drug-likeness (QED) is 0.169. The van der Waals surface area contributed by atoms with Crippen LogP contribution in [0.4, 0.5) is 4.39 Å². The number of imide groups is 1. The first kappa shape index (κ1) is 29.2. The summed E-state index contributed by atoms with van der Waals surface area (Å²) in [5, 5.41) is 46.8. The van der Waals surface area contributed by atoms with Gasteiger partial charge in [-0.3, -0.25) is 29.5 Å². The highest BCUT2D eigenvalue weighted by Crippen LogP contribution is 2.48. The zero-order valence-corrected chi connectivity index (χ0v) is 22.8. The Balaban J connectivity index is 1.43. The normalized spacial score (nSPS) is 32.1. The number of morpholine rings is 1. The van der Waals surface area contributed by atoms with E-state index in [4.69, 9.17) is 9.47 Å². The van der Waals surface area contributed by atoms with E-state index in [2.05, 4.69) is 4.90 Å². The third kappa shape index (κ3) is 4.37. The molecule has 3 amide bonds. The Bertz CT molecular complexity index is 1430. The second-order valence-corrected chi connectivity index (χ2v) is 11.0. The van der Waals surface area contributed by atoms with Crippen LogP contribution >= 0.6 is 0 Å². The number of fused-ring (bicyclic) bond motifs is 1. The summed E-state index contributed by atoms with van der Waals surface area (Å²) in [4.78, 5) is 41.2. The number of halogens is 1. The van der Waals surface area contributed by atoms with Crippen molar-refractivity contribution in [2.75, 3.05) is 26.3 Å². The van der Waals surface area contributed by atoms with Crippen molar-refractivity contribution in [1.29, 1.82) is 0 Å². The van der Waals surface area contributed by atoms with Crippen molar-refractivity contribution in [3.63, 3.8) is 0 Å². The number of nitrogens with zero attached hydrogens (tertiary/aromatic N) is 2. The fraction of sp³-hybridized carbons (Fsp3) is 0.400. The summed E-state index contributed by atoms with van der Waals surface area (Å²) in [6.07, 6.45) is 0. The summed E-state index contributed by atoms with van der Waals surface area (Å²) >= 11 is 0. The van der Waals surface area contributed by atoms with Gasteiger partial charge in [0.15, 0.2) is 23.5 Å². The number of aliphatic hydroxyl groups is 4. The number of ether oxygens (including phenoxy) is 2. The second-order valence-electron chi connectivity index (χ2n) is 11.0. The molecule has 0 saturated carbocycles. The lowest BCUT2D eigenvalue weighted by Gasteiger charge is -2.56. The fourth-order valence-electron chi connectivity index (χ4n) is 5.60. The molecular formula is C25H29B3FN3O9. The molecule has 2 aromatic carbocycles. The highest BCUT2D eigenvalue weighted by molar-refractivity contribution is 6.39. The van der Waals surface area contributed by atoms with Crippen LogP contribution in [0.15, 0.2) is 36.4 Å². The average molecular weight is 567 g/mol. The number of carbonyl (C=O) groups excluding carboxylic acids is 3. The maximum absolute atomic E-state index is 15.0. The summed E-state index contributed by atoms with van der Waals surface area (Å²) in [5.41, 5.74) is -10.9. The molecule has 16 heteroatoms. The highest BCUT2D eigenvalue weighted by atomic mass is 19.1. The molecule has 214 valence electrons. The lowest BCUT2D eigenvalue weighted by atomic mass is 9.51. The van der Waals surface area contributed by atoms with E-state index in [1.165, 1.54) is 24.3 Å². The third-order valence-corrected chi connectivity index (χ3v) is 8.32. The molecule has 4 unspecified atom stereocenters. The molecule has 0 radical (unpaired) electrons. The number of hydrogen-bond donors (Lipinski definition) is 5. The molecule has 5 rings (SSSR count). The Hall–Kier alpha value is -3.27. The molecule has 0 aliphatic carbocycles. The first-order valence-electron chi connectivity index (χ1n) is 13.1. The van der Waals surface area contributed by atoms with Gasteiger partial charge in [0.2, 0.25) is 5.72 Å². The average Bonchev–Trinajstić information content (AvgIpc) is 3.12. The van der Waals surface area contributed by atoms with Crippen LogP contribution in [0.25, 0.3) is 0 Å². The monoisotopic (exact) mass is 567 g/mol. The van der Waals surface area contributed by atoms with Gasteiger partial charge in [-0.25, -0.2) is 4.39 Å². The van der Waals surface area contributed by atoms with Gasteiger partial charge in [0.25, 0.3) is 17.7 Å². The van der Waals surface area contributed by atoms with Crippen molar-refractivity contribution >= 4 is 41.3 Å². The molecule has 2 fully saturated rings. The van der Waals surface area contributed by atoms with Gasteiger partial charge in [-0.15, -0.1) is 0 Å². The standard InChI is InChI=1S/C25H29B3FN3O9/c26-22(36)20(34)30-21(35)23(37,25(22,28)39)32-19(33)15-2-1-3-17(18(15)24(32,27)38)41-12-14-5-4-13(10-16(14)29)11-31-6-8-40-9-7-31/h1-5,10,36-39H,6-9,11-12,26-28H2,(H,30,34,35). The van der Waals surface area contributed by atoms with Crippen LogP contribution in [0.3, 0.4) is 0 Å². The van der Waals surface area contributed by atoms with E-state index in [9.17, 15) is 39.2 Å². The Labute approximate surface area is 237 Å². The fourth-order valence-corrected chi connectivity index (χ4v) is 5.60. The first-order chi connectivity index (χ1) is 19.1. The van der Waals surface area contributed by atoms with Crippen molar-refractivity contribution in [1.82, 2.24) is 15.1 Å². The van der Waals surface area contributed by atoms with E-state index in [1.807, 2.05) is 0 Å². The minimum absolute atomic E-state index is 0.0533. The zero-order chi connectivity index (χ0) is 30.0. The Kier molecular flexibility index (Phi) is 7.08. The van der Waals surface area contributed by atoms with E-state index >= 15 is 0 Å². The number of hydrogen-bond acceptors (Lipinski definition) is 10. The predicted octanol–water partition coefficient (Wildman–Crippen LogP) is -4.58. The first-order valence-corrected chi connectivity index (χ1v) is 13.1. The molecule has 3 heterocycles. The summed E-state index contributed by atoms with van der Waals surface area (Å²) in [6, 6.07) is 8.92. The van der Waals surface area contributed by atoms with Gasteiger partial charge in [-0.1, -0.05) is 18.2 Å². The van der Waals surface area contributed by atoms with Gasteiger partial charge >= 0.3 is 0 Å². The Morgan fingerprint density at radius 3 is 2.34 bits per heavy atom. The molecule has 41 heavy (non-hydrogen) atoms. The number of benzene rings is 2. The van der Waals surface area contributed by atoms with E-state index in [1.54, 1.807) is 17.4 Å². The van der Waals surface area contributed by atoms with Gasteiger partial charge in [-0.05, 0) is 23.8 Å². The SMILES string of the molecule is BC1(O)c2c(OCc3ccc(CN4CCOCC4)cc3F)cccc2C(=O)N1C1(O)C(=O)NC(=O)C(B)(O)C1(B)O. The van der Waals surface area contributed by atoms with Crippen LogP contribution in [0.1, 0.15) is 27.0 Å². The van der Waals surface area contributed by atoms with Crippen molar-refractivity contribution in [2.24, 2.45) is 0 Å². The largest absolute Gasteiger partial charge is 0.488 e. The Morgan fingerprint density at radius 2 is 1.68 bits per heavy atom. The van der Waals surface area contributed by atoms with E-state index < -0.39 is 45.9 Å². The predicted molar refractivity (Wildman–Crippen MR) is 147 cm³/mol. The number of carbonyl (C=O) groups is 3. The summed E-state index contributed by atoms with van der Waals surface area (Å²) < 4.78 is 26.2. The van der Waals surface area contributed by atoms with Crippen LogP contribution in [-0.2, 0) is 33.1 Å². The molecule has 0 spiro atoms. The summed E-state index contributed by atoms with van der Waals surface area (Å²) in [7, 11) is 2.74. The zero-order valence-electron chi connectivity index (χ0n) is 22.8. The van der Waals surface area contributed by atoms with Crippen LogP contribution < -0.4 is 10.1 Å². The van der Waals surface area contributed by atoms with E-state index in [0.717, 1.165) is 42.2 Å². The minimum Gasteiger partial charge on any atom is -0.488 e. The van der Waals surface area contributed by atoms with Crippen molar-refractivity contribution < 1.29 is 48.7 Å². The van der Waals surface area contributed by atoms with Crippen molar-refractivity contribution in [2.45, 2.75) is 35.5 Å². The topological polar surface area (TPSA) is 169 Å². The molecule has 12 nitrogen and oxygen atoms in total. The van der Waals surface area contributed by atoms with Crippen LogP contribution in [0.5, 0.6) is 5.75 Å². The van der Waals surface area contributed by atoms with Crippen LogP contribution in [-0.4, -0.2) is 115 Å². The van der Waals surface area contributed by atoms with E-state index in [0.29, 0.717) is 24.7 Å². The molecular weight excluding hydrogens is 538 g/mol. The minimum atomic E-state index is -3.30. The highest BCUT2D eigenvalue weighted by Gasteiger charge is 2.74. The number of rotatable bonds is 6. The third-order valence-electron chi connectivity index (χ3n) is 8.32. The molecule has 2 saturated heterocycles. The van der Waals surface area contributed by atoms with Crippen molar-refractivity contribution in [3.05, 3.63) is 64.5 Å². The number of nitrogens with one attached hydrogen (secondary N) is 1. The lowest BCUT2D eigenvalue weighted by molar-refractivity contribution is -0.256. The van der Waals surface area contributed by atoms with Gasteiger partial charge in [-0.2, -0.15) is 0 Å². The smallest absolute Gasteiger partial charge is 0.282 e. The molecule has 2 aromatic rings. The van der Waals surface area contributed by atoms with E-state index in [-0.39, 0.29) is 29.0 Å². The maximum atomic E-state index is 15.0. The van der Waals surface area contributed by atoms with Gasteiger partial charge < -0.3 is 29.9 Å². The van der Waals surface area contributed by atoms with Gasteiger partial charge in [0, 0.05) is 30.8 Å². The second kappa shape index (κ2) is 9.93. The molecule has 3 aliphatic heterocycles. The molecule has 0 aromatic heterocycles. The molecule has 0 bridgehead atoms.